The monoisotopic (exact) mass is 431 g/mol. The lowest BCUT2D eigenvalue weighted by Crippen LogP contribution is -2.21. The zero-order valence-electron chi connectivity index (χ0n) is 17.9. The van der Waals surface area contributed by atoms with Crippen LogP contribution < -0.4 is 16.7 Å². The fourth-order valence-corrected chi connectivity index (χ4v) is 3.57. The highest BCUT2D eigenvalue weighted by Gasteiger charge is 2.18. The molecule has 0 saturated heterocycles. The molecule has 0 radical (unpaired) electrons. The second-order valence-electron chi connectivity index (χ2n) is 7.27. The van der Waals surface area contributed by atoms with Gasteiger partial charge in [0.2, 0.25) is 5.95 Å². The highest BCUT2D eigenvalue weighted by atomic mass is 19.1. The zero-order valence-corrected chi connectivity index (χ0v) is 17.9. The van der Waals surface area contributed by atoms with E-state index in [1.807, 2.05) is 18.2 Å². The van der Waals surface area contributed by atoms with Gasteiger partial charge in [-0.05, 0) is 36.2 Å². The second kappa shape index (κ2) is 8.10. The Morgan fingerprint density at radius 2 is 2.06 bits per heavy atom. The van der Waals surface area contributed by atoms with Crippen molar-refractivity contribution < 1.29 is 4.39 Å². The number of benzene rings is 1. The van der Waals surface area contributed by atoms with Crippen molar-refractivity contribution in [1.29, 1.82) is 0 Å². The molecule has 0 spiro atoms. The molecular formula is C23H22FN7O. The molecule has 0 aliphatic carbocycles. The molecule has 0 saturated carbocycles. The molecule has 4 aromatic rings. The molecule has 0 unspecified atom stereocenters. The number of aliphatic imine (C=N–C) groups is 1. The van der Waals surface area contributed by atoms with Crippen LogP contribution in [0.3, 0.4) is 0 Å². The Hall–Kier alpha value is -4.27. The molecule has 3 N–H and O–H groups in total. The number of imidazole rings is 1. The van der Waals surface area contributed by atoms with Crippen LogP contribution in [0, 0.1) is 12.9 Å². The molecule has 0 fully saturated rings. The fourth-order valence-electron chi connectivity index (χ4n) is 3.57. The summed E-state index contributed by atoms with van der Waals surface area (Å²) in [6.07, 6.45) is 6.08. The van der Waals surface area contributed by atoms with Gasteiger partial charge in [-0.15, -0.1) is 0 Å². The van der Waals surface area contributed by atoms with E-state index in [0.29, 0.717) is 39.2 Å². The quantitative estimate of drug-likeness (QED) is 0.374. The molecule has 0 aliphatic heterocycles. The SMILES string of the molecule is C=C(/N=C\C(=C/N)c1ccc2ncc3c(c2c1)n(-c1cnc(F)cc1C)c(=O)n3C)NC. The normalized spacial score (nSPS) is 12.2. The van der Waals surface area contributed by atoms with Gasteiger partial charge in [0.15, 0.2) is 0 Å². The van der Waals surface area contributed by atoms with Crippen LogP contribution in [-0.2, 0) is 7.05 Å². The third-order valence-electron chi connectivity index (χ3n) is 5.34. The summed E-state index contributed by atoms with van der Waals surface area (Å²) in [5.74, 6) is -0.112. The summed E-state index contributed by atoms with van der Waals surface area (Å²) < 4.78 is 16.7. The minimum absolute atomic E-state index is 0.280. The van der Waals surface area contributed by atoms with E-state index in [1.165, 1.54) is 27.6 Å². The Kier molecular flexibility index (Phi) is 5.31. The molecular weight excluding hydrogens is 409 g/mol. The van der Waals surface area contributed by atoms with Crippen LogP contribution in [0.1, 0.15) is 11.1 Å². The average Bonchev–Trinajstić information content (AvgIpc) is 3.04. The predicted molar refractivity (Wildman–Crippen MR) is 125 cm³/mol. The van der Waals surface area contributed by atoms with Crippen molar-refractivity contribution in [2.75, 3.05) is 7.05 Å². The van der Waals surface area contributed by atoms with E-state index in [-0.39, 0.29) is 5.69 Å². The number of nitrogens with zero attached hydrogens (tertiary/aromatic N) is 5. The molecule has 8 nitrogen and oxygen atoms in total. The molecule has 0 bridgehead atoms. The van der Waals surface area contributed by atoms with E-state index in [2.05, 4.69) is 26.9 Å². The van der Waals surface area contributed by atoms with E-state index in [0.717, 1.165) is 10.9 Å². The smallest absolute Gasteiger partial charge is 0.333 e. The van der Waals surface area contributed by atoms with Crippen LogP contribution in [0.5, 0.6) is 0 Å². The number of nitrogens with one attached hydrogen (secondary N) is 1. The van der Waals surface area contributed by atoms with E-state index in [1.54, 1.807) is 33.4 Å². The number of nitrogens with two attached hydrogens (primary N) is 1. The van der Waals surface area contributed by atoms with Gasteiger partial charge in [0.05, 0.1) is 34.6 Å². The first-order valence-electron chi connectivity index (χ1n) is 9.81. The van der Waals surface area contributed by atoms with Crippen LogP contribution in [0.25, 0.3) is 33.2 Å². The van der Waals surface area contributed by atoms with Gasteiger partial charge in [-0.3, -0.25) is 14.1 Å². The number of aromatic nitrogens is 4. The first-order valence-corrected chi connectivity index (χ1v) is 9.81. The fraction of sp³-hybridized carbons (Fsp3) is 0.130. The summed E-state index contributed by atoms with van der Waals surface area (Å²) in [5.41, 5.74) is 10.1. The maximum Gasteiger partial charge on any atom is 0.333 e. The molecule has 3 aromatic heterocycles. The van der Waals surface area contributed by atoms with Crippen molar-refractivity contribution in [3.63, 3.8) is 0 Å². The number of pyridine rings is 2. The average molecular weight is 431 g/mol. The maximum atomic E-state index is 13.6. The van der Waals surface area contributed by atoms with Crippen molar-refractivity contribution in [2.45, 2.75) is 6.92 Å². The molecule has 0 atom stereocenters. The number of aryl methyl sites for hydroxylation is 2. The lowest BCUT2D eigenvalue weighted by Gasteiger charge is -2.10. The minimum Gasteiger partial charge on any atom is -0.404 e. The third-order valence-corrected chi connectivity index (χ3v) is 5.34. The first-order chi connectivity index (χ1) is 15.3. The van der Waals surface area contributed by atoms with Crippen molar-refractivity contribution in [2.24, 2.45) is 17.8 Å². The number of fused-ring (bicyclic) bond motifs is 3. The predicted octanol–water partition coefficient (Wildman–Crippen LogP) is 2.78. The lowest BCUT2D eigenvalue weighted by atomic mass is 10.0. The largest absolute Gasteiger partial charge is 0.404 e. The summed E-state index contributed by atoms with van der Waals surface area (Å²) >= 11 is 0. The highest BCUT2D eigenvalue weighted by molar-refractivity contribution is 6.12. The molecule has 0 aliphatic rings. The Morgan fingerprint density at radius 1 is 1.28 bits per heavy atom. The molecule has 3 heterocycles. The van der Waals surface area contributed by atoms with Crippen LogP contribution in [0.2, 0.25) is 0 Å². The Balaban J connectivity index is 2.03. The van der Waals surface area contributed by atoms with E-state index in [4.69, 9.17) is 5.73 Å². The molecule has 32 heavy (non-hydrogen) atoms. The summed E-state index contributed by atoms with van der Waals surface area (Å²) in [5, 5.41) is 3.59. The van der Waals surface area contributed by atoms with Crippen LogP contribution in [0.15, 0.2) is 65.0 Å². The van der Waals surface area contributed by atoms with Gasteiger partial charge < -0.3 is 11.1 Å². The minimum atomic E-state index is -0.603. The van der Waals surface area contributed by atoms with Crippen molar-refractivity contribution in [3.05, 3.63) is 82.8 Å². The van der Waals surface area contributed by atoms with E-state index in [9.17, 15) is 9.18 Å². The van der Waals surface area contributed by atoms with Gasteiger partial charge in [0, 0.05) is 37.5 Å². The van der Waals surface area contributed by atoms with E-state index >= 15 is 0 Å². The van der Waals surface area contributed by atoms with Gasteiger partial charge in [0.25, 0.3) is 0 Å². The summed E-state index contributed by atoms with van der Waals surface area (Å²) in [7, 11) is 3.40. The lowest BCUT2D eigenvalue weighted by molar-refractivity contribution is 0.581. The van der Waals surface area contributed by atoms with Gasteiger partial charge in [-0.2, -0.15) is 4.39 Å². The Morgan fingerprint density at radius 3 is 2.75 bits per heavy atom. The first kappa shape index (κ1) is 21.0. The highest BCUT2D eigenvalue weighted by Crippen LogP contribution is 2.28. The number of halogens is 1. The van der Waals surface area contributed by atoms with Gasteiger partial charge in [-0.25, -0.2) is 14.8 Å². The van der Waals surface area contributed by atoms with Crippen LogP contribution in [0.4, 0.5) is 4.39 Å². The standard InChI is InChI=1S/C23H22FN7O/c1-13-7-21(24)29-11-19(13)31-22-17-8-15(16(9-25)10-27-14(2)26-3)5-6-18(17)28-12-20(22)30(4)23(31)32/h5-12,26H,2,25H2,1,3-4H3/b16-9+,27-10-. The number of hydrogen-bond acceptors (Lipinski definition) is 6. The topological polar surface area (TPSA) is 103 Å². The summed E-state index contributed by atoms with van der Waals surface area (Å²) in [6.45, 7) is 5.51. The van der Waals surface area contributed by atoms with Gasteiger partial charge in [-0.1, -0.05) is 12.6 Å². The molecule has 0 amide bonds. The van der Waals surface area contributed by atoms with Crippen molar-refractivity contribution in [3.8, 4) is 5.69 Å². The van der Waals surface area contributed by atoms with Crippen molar-refractivity contribution in [1.82, 2.24) is 24.4 Å². The number of rotatable bonds is 5. The summed E-state index contributed by atoms with van der Waals surface area (Å²) in [6, 6.07) is 6.94. The van der Waals surface area contributed by atoms with Crippen molar-refractivity contribution >= 4 is 33.7 Å². The molecule has 4 rings (SSSR count). The van der Waals surface area contributed by atoms with Crippen LogP contribution >= 0.6 is 0 Å². The molecule has 162 valence electrons. The van der Waals surface area contributed by atoms with Gasteiger partial charge >= 0.3 is 5.69 Å². The Bertz CT molecular complexity index is 1490. The van der Waals surface area contributed by atoms with Crippen LogP contribution in [-0.4, -0.2) is 32.4 Å². The second-order valence-corrected chi connectivity index (χ2v) is 7.27. The zero-order chi connectivity index (χ0) is 23.0. The number of allylic oxidation sites excluding steroid dienone is 1. The third kappa shape index (κ3) is 3.43. The Labute approximate surface area is 183 Å². The van der Waals surface area contributed by atoms with E-state index < -0.39 is 5.95 Å². The number of hydrogen-bond donors (Lipinski definition) is 2. The summed E-state index contributed by atoms with van der Waals surface area (Å²) in [4.78, 5) is 25.7. The molecule has 1 aromatic carbocycles. The van der Waals surface area contributed by atoms with Gasteiger partial charge in [0.1, 0.15) is 5.82 Å². The maximum absolute atomic E-state index is 13.6. The molecule has 9 heteroatoms.